The molecule has 4 aromatic rings. The molecule has 0 spiro atoms. The van der Waals surface area contributed by atoms with Crippen molar-refractivity contribution in [3.8, 4) is 0 Å². The number of nitrogens with one attached hydrogen (secondary N) is 1. The SMILES string of the molecule is O=C(O)N1C(C2CCCCc3cccnc32)CC(n2c(=O)[nH]c3ncccc32)[C@H](O)[C@]1(O)c1cccc(F)c1F. The number of carboxylic acid groups (broad SMARTS) is 1. The van der Waals surface area contributed by atoms with Crippen molar-refractivity contribution in [2.24, 2.45) is 0 Å². The Morgan fingerprint density at radius 3 is 2.62 bits per heavy atom. The zero-order valence-electron chi connectivity index (χ0n) is 21.2. The number of H-pyrrole nitrogens is 1. The second-order valence-corrected chi connectivity index (χ2v) is 10.4. The molecule has 4 heterocycles. The maximum atomic E-state index is 15.4. The molecule has 1 aromatic carbocycles. The predicted molar refractivity (Wildman–Crippen MR) is 138 cm³/mol. The number of likely N-dealkylation sites (tertiary alicyclic amines) is 1. The van der Waals surface area contributed by atoms with Crippen LogP contribution < -0.4 is 5.69 Å². The van der Waals surface area contributed by atoms with E-state index in [4.69, 9.17) is 0 Å². The van der Waals surface area contributed by atoms with Gasteiger partial charge in [-0.25, -0.2) is 23.4 Å². The molecule has 10 nitrogen and oxygen atoms in total. The standard InChI is InChI=1S/C28H27F2N5O5/c29-18-10-3-9-17(22(18)30)28(40)24(36)21(34-19-11-5-13-32-25(19)33-26(34)37)14-20(35(28)27(38)39)16-8-2-1-6-15-7-4-12-31-23(15)16/h3-5,7,9-13,16,20-21,24,36,40H,1-2,6,8,14H2,(H,38,39)(H,32,33,37)/t16?,20?,21?,24-,28+/m0/s1. The summed E-state index contributed by atoms with van der Waals surface area (Å²) in [6, 6.07) is 7.57. The van der Waals surface area contributed by atoms with Crippen molar-refractivity contribution < 1.29 is 28.9 Å². The molecule has 40 heavy (non-hydrogen) atoms. The zero-order valence-corrected chi connectivity index (χ0v) is 21.2. The van der Waals surface area contributed by atoms with Crippen LogP contribution in [0.3, 0.4) is 0 Å². The van der Waals surface area contributed by atoms with Gasteiger partial charge in [-0.05, 0) is 55.5 Å². The predicted octanol–water partition coefficient (Wildman–Crippen LogP) is 3.41. The van der Waals surface area contributed by atoms with E-state index >= 15 is 4.39 Å². The molecular weight excluding hydrogens is 524 g/mol. The summed E-state index contributed by atoms with van der Waals surface area (Å²) in [7, 11) is 0. The molecule has 1 amide bonds. The van der Waals surface area contributed by atoms with Crippen molar-refractivity contribution in [2.75, 3.05) is 0 Å². The van der Waals surface area contributed by atoms with Crippen molar-refractivity contribution >= 4 is 17.3 Å². The third kappa shape index (κ3) is 3.89. The lowest BCUT2D eigenvalue weighted by Crippen LogP contribution is -2.67. The molecule has 208 valence electrons. The molecule has 1 saturated heterocycles. The Morgan fingerprint density at radius 1 is 1.05 bits per heavy atom. The minimum absolute atomic E-state index is 0.116. The van der Waals surface area contributed by atoms with Gasteiger partial charge in [0.1, 0.15) is 6.10 Å². The number of aliphatic hydroxyl groups excluding tert-OH is 1. The summed E-state index contributed by atoms with van der Waals surface area (Å²) in [5, 5.41) is 34.5. The molecule has 5 atom stereocenters. The largest absolute Gasteiger partial charge is 0.465 e. The highest BCUT2D eigenvalue weighted by Gasteiger charge is 2.60. The van der Waals surface area contributed by atoms with Crippen LogP contribution in [0.1, 0.15) is 54.5 Å². The van der Waals surface area contributed by atoms with Crippen molar-refractivity contribution in [3.05, 3.63) is 93.8 Å². The van der Waals surface area contributed by atoms with Crippen LogP contribution in [0.5, 0.6) is 0 Å². The van der Waals surface area contributed by atoms with E-state index in [1.165, 1.54) is 10.8 Å². The minimum Gasteiger partial charge on any atom is -0.465 e. The summed E-state index contributed by atoms with van der Waals surface area (Å²) in [5.74, 6) is -3.38. The molecule has 3 aromatic heterocycles. The van der Waals surface area contributed by atoms with Gasteiger partial charge in [0.25, 0.3) is 0 Å². The fraction of sp³-hybridized carbons (Fsp3) is 0.357. The van der Waals surface area contributed by atoms with Crippen LogP contribution in [0.15, 0.2) is 59.7 Å². The average Bonchev–Trinajstić information content (AvgIpc) is 3.12. The van der Waals surface area contributed by atoms with Crippen LogP contribution in [0.2, 0.25) is 0 Å². The molecule has 1 aliphatic heterocycles. The van der Waals surface area contributed by atoms with Crippen LogP contribution >= 0.6 is 0 Å². The Morgan fingerprint density at radius 2 is 1.82 bits per heavy atom. The van der Waals surface area contributed by atoms with E-state index in [9.17, 15) is 29.3 Å². The Balaban J connectivity index is 1.62. The topological polar surface area (TPSA) is 145 Å². The molecule has 3 unspecified atom stereocenters. The molecular formula is C28H27F2N5O5. The quantitative estimate of drug-likeness (QED) is 0.286. The third-order valence-electron chi connectivity index (χ3n) is 8.29. The number of piperidine rings is 1. The van der Waals surface area contributed by atoms with Crippen molar-refractivity contribution in [3.63, 3.8) is 0 Å². The van der Waals surface area contributed by atoms with Crippen molar-refractivity contribution in [1.82, 2.24) is 24.4 Å². The third-order valence-corrected chi connectivity index (χ3v) is 8.29. The first-order valence-corrected chi connectivity index (χ1v) is 13.1. The van der Waals surface area contributed by atoms with Gasteiger partial charge in [-0.1, -0.05) is 24.6 Å². The van der Waals surface area contributed by atoms with Gasteiger partial charge in [-0.15, -0.1) is 0 Å². The molecule has 0 radical (unpaired) electrons. The van der Waals surface area contributed by atoms with E-state index in [0.29, 0.717) is 22.5 Å². The number of rotatable bonds is 3. The number of aliphatic hydroxyl groups is 2. The van der Waals surface area contributed by atoms with Gasteiger partial charge in [-0.3, -0.25) is 19.4 Å². The molecule has 0 saturated carbocycles. The van der Waals surface area contributed by atoms with E-state index in [2.05, 4.69) is 15.0 Å². The number of aromatic amines is 1. The first-order valence-electron chi connectivity index (χ1n) is 13.1. The summed E-state index contributed by atoms with van der Waals surface area (Å²) < 4.78 is 31.1. The van der Waals surface area contributed by atoms with Crippen LogP contribution in [-0.4, -0.2) is 58.0 Å². The lowest BCUT2D eigenvalue weighted by molar-refractivity contribution is -0.228. The molecule has 1 aliphatic carbocycles. The van der Waals surface area contributed by atoms with Gasteiger partial charge in [0.2, 0.25) is 5.72 Å². The highest BCUT2D eigenvalue weighted by atomic mass is 19.2. The Bertz CT molecular complexity index is 1660. The van der Waals surface area contributed by atoms with Gasteiger partial charge < -0.3 is 15.3 Å². The summed E-state index contributed by atoms with van der Waals surface area (Å²) in [4.78, 5) is 38.1. The maximum Gasteiger partial charge on any atom is 0.410 e. The number of amides is 1. The molecule has 6 rings (SSSR count). The highest BCUT2D eigenvalue weighted by molar-refractivity contribution is 5.71. The van der Waals surface area contributed by atoms with Crippen molar-refractivity contribution in [1.29, 1.82) is 0 Å². The molecule has 1 fully saturated rings. The van der Waals surface area contributed by atoms with E-state index in [0.717, 1.165) is 43.0 Å². The number of nitrogens with zero attached hydrogens (tertiary/aromatic N) is 4. The number of aryl methyl sites for hydroxylation is 1. The number of imidazole rings is 1. The highest BCUT2D eigenvalue weighted by Crippen LogP contribution is 2.49. The first-order chi connectivity index (χ1) is 19.2. The Hall–Kier alpha value is -4.16. The second-order valence-electron chi connectivity index (χ2n) is 10.4. The number of benzene rings is 1. The average molecular weight is 552 g/mol. The van der Waals surface area contributed by atoms with Gasteiger partial charge >= 0.3 is 11.8 Å². The summed E-state index contributed by atoms with van der Waals surface area (Å²) in [5.41, 5.74) is -2.27. The Kier molecular flexibility index (Phi) is 6.38. The second kappa shape index (κ2) is 9.79. The fourth-order valence-electron chi connectivity index (χ4n) is 6.58. The number of carbonyl (C=O) groups is 1. The van der Waals surface area contributed by atoms with E-state index in [-0.39, 0.29) is 12.1 Å². The number of pyridine rings is 2. The zero-order chi connectivity index (χ0) is 28.2. The van der Waals surface area contributed by atoms with Gasteiger partial charge in [0.05, 0.1) is 11.6 Å². The van der Waals surface area contributed by atoms with Crippen LogP contribution in [-0.2, 0) is 12.1 Å². The lowest BCUT2D eigenvalue weighted by Gasteiger charge is -2.54. The van der Waals surface area contributed by atoms with E-state index in [1.807, 2.05) is 6.07 Å². The smallest absolute Gasteiger partial charge is 0.410 e. The molecule has 0 bridgehead atoms. The number of fused-ring (bicyclic) bond motifs is 2. The molecule has 4 N–H and O–H groups in total. The van der Waals surface area contributed by atoms with Gasteiger partial charge in [-0.2, -0.15) is 0 Å². The number of hydrogen-bond acceptors (Lipinski definition) is 6. The van der Waals surface area contributed by atoms with E-state index in [1.54, 1.807) is 24.4 Å². The number of halogens is 2. The summed E-state index contributed by atoms with van der Waals surface area (Å²) >= 11 is 0. The van der Waals surface area contributed by atoms with Crippen LogP contribution in [0.4, 0.5) is 13.6 Å². The minimum atomic E-state index is -2.96. The van der Waals surface area contributed by atoms with Crippen molar-refractivity contribution in [2.45, 2.75) is 61.9 Å². The number of hydrogen-bond donors (Lipinski definition) is 4. The number of aromatic nitrogens is 4. The molecule has 12 heteroatoms. The summed E-state index contributed by atoms with van der Waals surface area (Å²) in [6.07, 6.45) is 2.03. The fourth-order valence-corrected chi connectivity index (χ4v) is 6.58. The summed E-state index contributed by atoms with van der Waals surface area (Å²) in [6.45, 7) is 0. The molecule has 2 aliphatic rings. The lowest BCUT2D eigenvalue weighted by atomic mass is 9.75. The van der Waals surface area contributed by atoms with Crippen LogP contribution in [0, 0.1) is 11.6 Å². The van der Waals surface area contributed by atoms with Gasteiger partial charge in [0, 0.05) is 35.6 Å². The normalized spacial score (nSPS) is 26.9. The monoisotopic (exact) mass is 551 g/mol. The van der Waals surface area contributed by atoms with Gasteiger partial charge in [0.15, 0.2) is 17.3 Å². The van der Waals surface area contributed by atoms with Crippen LogP contribution in [0.25, 0.3) is 11.2 Å². The van der Waals surface area contributed by atoms with E-state index < -0.39 is 58.8 Å². The first kappa shape index (κ1) is 26.1. The maximum absolute atomic E-state index is 15.4. The Labute approximate surface area is 226 Å².